The van der Waals surface area contributed by atoms with Gasteiger partial charge >= 0.3 is 0 Å². The van der Waals surface area contributed by atoms with E-state index in [1.165, 1.54) is 0 Å². The molecule has 0 spiro atoms. The van der Waals surface area contributed by atoms with Gasteiger partial charge < -0.3 is 15.4 Å². The number of halogens is 1. The number of amides is 1. The Morgan fingerprint density at radius 2 is 2.12 bits per heavy atom. The molecule has 2 N–H and O–H groups in total. The summed E-state index contributed by atoms with van der Waals surface area (Å²) < 4.78 is 5.87. The molecular weight excluding hydrogens is 336 g/mol. The van der Waals surface area contributed by atoms with E-state index in [4.69, 9.17) is 16.3 Å². The van der Waals surface area contributed by atoms with E-state index in [1.807, 2.05) is 48.5 Å². The number of anilines is 1. The number of rotatable bonds is 7. The number of carbonyl (C=O) groups excluding carboxylic acids is 1. The van der Waals surface area contributed by atoms with E-state index in [9.17, 15) is 4.79 Å². The fraction of sp³-hybridized carbons (Fsp3) is 0.350. The highest BCUT2D eigenvalue weighted by molar-refractivity contribution is 6.30. The zero-order chi connectivity index (χ0) is 17.5. The lowest BCUT2D eigenvalue weighted by Gasteiger charge is -2.13. The predicted molar refractivity (Wildman–Crippen MR) is 101 cm³/mol. The second-order valence-electron chi connectivity index (χ2n) is 6.36. The van der Waals surface area contributed by atoms with Crippen LogP contribution in [-0.4, -0.2) is 19.0 Å². The monoisotopic (exact) mass is 358 g/mol. The summed E-state index contributed by atoms with van der Waals surface area (Å²) in [5, 5.41) is 6.99. The van der Waals surface area contributed by atoms with Gasteiger partial charge in [0.1, 0.15) is 12.4 Å². The first-order chi connectivity index (χ1) is 12.2. The van der Waals surface area contributed by atoms with Crippen LogP contribution < -0.4 is 15.4 Å². The van der Waals surface area contributed by atoms with Gasteiger partial charge in [-0.25, -0.2) is 0 Å². The Hall–Kier alpha value is -2.04. The topological polar surface area (TPSA) is 50.4 Å². The summed E-state index contributed by atoms with van der Waals surface area (Å²) in [6.45, 7) is 2.49. The molecule has 3 rings (SSSR count). The molecule has 0 aromatic heterocycles. The number of carbonyl (C=O) groups is 1. The maximum atomic E-state index is 12.2. The first-order valence-corrected chi connectivity index (χ1v) is 9.05. The number of para-hydroxylation sites is 2. The largest absolute Gasteiger partial charge is 0.487 e. The molecule has 1 saturated heterocycles. The van der Waals surface area contributed by atoms with Crippen molar-refractivity contribution in [3.05, 3.63) is 59.1 Å². The fourth-order valence-corrected chi connectivity index (χ4v) is 3.21. The molecule has 1 aliphatic rings. The quantitative estimate of drug-likeness (QED) is 0.778. The molecule has 0 bridgehead atoms. The van der Waals surface area contributed by atoms with Gasteiger partial charge in [0.2, 0.25) is 5.91 Å². The molecule has 2 aromatic carbocycles. The summed E-state index contributed by atoms with van der Waals surface area (Å²) in [5.41, 5.74) is 1.70. The minimum Gasteiger partial charge on any atom is -0.487 e. The van der Waals surface area contributed by atoms with Gasteiger partial charge in [-0.1, -0.05) is 35.9 Å². The molecular formula is C20H23ClN2O2. The van der Waals surface area contributed by atoms with Gasteiger partial charge in [-0.15, -0.1) is 0 Å². The molecule has 1 atom stereocenters. The second-order valence-corrected chi connectivity index (χ2v) is 6.80. The summed E-state index contributed by atoms with van der Waals surface area (Å²) in [6, 6.07) is 15.1. The van der Waals surface area contributed by atoms with E-state index in [0.29, 0.717) is 35.4 Å². The molecule has 4 nitrogen and oxygen atoms in total. The molecule has 1 amide bonds. The first kappa shape index (κ1) is 17.8. The fourth-order valence-electron chi connectivity index (χ4n) is 2.99. The van der Waals surface area contributed by atoms with Crippen molar-refractivity contribution in [2.24, 2.45) is 5.92 Å². The summed E-state index contributed by atoms with van der Waals surface area (Å²) in [4.78, 5) is 12.2. The average molecular weight is 359 g/mol. The highest BCUT2D eigenvalue weighted by Crippen LogP contribution is 2.26. The predicted octanol–water partition coefficient (Wildman–Crippen LogP) is 4.25. The Morgan fingerprint density at radius 3 is 2.92 bits per heavy atom. The van der Waals surface area contributed by atoms with Crippen LogP contribution in [0.5, 0.6) is 5.75 Å². The van der Waals surface area contributed by atoms with Crippen LogP contribution in [0.2, 0.25) is 5.02 Å². The van der Waals surface area contributed by atoms with Crippen molar-refractivity contribution in [3.8, 4) is 5.75 Å². The molecule has 0 saturated carbocycles. The van der Waals surface area contributed by atoms with Gasteiger partial charge in [0.05, 0.1) is 5.69 Å². The zero-order valence-electron chi connectivity index (χ0n) is 14.1. The first-order valence-electron chi connectivity index (χ1n) is 8.67. The maximum absolute atomic E-state index is 12.2. The van der Waals surface area contributed by atoms with Gasteiger partial charge in [0.15, 0.2) is 0 Å². The minimum absolute atomic E-state index is 0.0331. The van der Waals surface area contributed by atoms with Crippen LogP contribution in [-0.2, 0) is 11.4 Å². The zero-order valence-corrected chi connectivity index (χ0v) is 14.9. The molecule has 1 unspecified atom stereocenters. The van der Waals surface area contributed by atoms with Crippen LogP contribution in [0.1, 0.15) is 24.8 Å². The molecule has 1 heterocycles. The van der Waals surface area contributed by atoms with E-state index in [-0.39, 0.29) is 5.91 Å². The standard InChI is InChI=1S/C20H23ClN2O2/c21-17-5-3-4-16(12-17)14-25-19-7-2-1-6-18(19)23-20(24)9-8-15-10-11-22-13-15/h1-7,12,15,22H,8-11,13-14H2,(H,23,24). The Kier molecular flexibility index (Phi) is 6.31. The molecule has 1 fully saturated rings. The lowest BCUT2D eigenvalue weighted by atomic mass is 10.0. The van der Waals surface area contributed by atoms with Crippen molar-refractivity contribution in [1.29, 1.82) is 0 Å². The van der Waals surface area contributed by atoms with Crippen molar-refractivity contribution >= 4 is 23.2 Å². The summed E-state index contributed by atoms with van der Waals surface area (Å²) in [7, 11) is 0. The smallest absolute Gasteiger partial charge is 0.224 e. The Bertz CT molecular complexity index is 714. The SMILES string of the molecule is O=C(CCC1CCNC1)Nc1ccccc1OCc1cccc(Cl)c1. The van der Waals surface area contributed by atoms with Crippen molar-refractivity contribution in [2.75, 3.05) is 18.4 Å². The maximum Gasteiger partial charge on any atom is 0.224 e. The van der Waals surface area contributed by atoms with Crippen molar-refractivity contribution in [1.82, 2.24) is 5.32 Å². The number of benzene rings is 2. The van der Waals surface area contributed by atoms with Crippen LogP contribution in [0.15, 0.2) is 48.5 Å². The molecule has 1 aliphatic heterocycles. The molecule has 2 aromatic rings. The molecule has 25 heavy (non-hydrogen) atoms. The van der Waals surface area contributed by atoms with Gasteiger partial charge in [0, 0.05) is 11.4 Å². The molecule has 132 valence electrons. The average Bonchev–Trinajstić information content (AvgIpc) is 3.13. The van der Waals surface area contributed by atoms with E-state index in [0.717, 1.165) is 31.5 Å². The summed E-state index contributed by atoms with van der Waals surface area (Å²) in [5.74, 6) is 1.31. The number of nitrogens with one attached hydrogen (secondary N) is 2. The lowest BCUT2D eigenvalue weighted by molar-refractivity contribution is -0.116. The Labute approximate surface area is 153 Å². The third-order valence-corrected chi connectivity index (χ3v) is 4.62. The summed E-state index contributed by atoms with van der Waals surface area (Å²) in [6.07, 6.45) is 2.62. The van der Waals surface area contributed by atoms with Crippen LogP contribution in [0.4, 0.5) is 5.69 Å². The van der Waals surface area contributed by atoms with Crippen molar-refractivity contribution in [2.45, 2.75) is 25.9 Å². The Balaban J connectivity index is 1.55. The Morgan fingerprint density at radius 1 is 1.24 bits per heavy atom. The minimum atomic E-state index is 0.0331. The van der Waals surface area contributed by atoms with E-state index >= 15 is 0 Å². The van der Waals surface area contributed by atoms with Crippen molar-refractivity contribution in [3.63, 3.8) is 0 Å². The lowest BCUT2D eigenvalue weighted by Crippen LogP contribution is -2.15. The van der Waals surface area contributed by atoms with Gasteiger partial charge in [0.25, 0.3) is 0 Å². The molecule has 0 radical (unpaired) electrons. The van der Waals surface area contributed by atoms with Gasteiger partial charge in [-0.2, -0.15) is 0 Å². The van der Waals surface area contributed by atoms with Crippen LogP contribution in [0, 0.1) is 5.92 Å². The summed E-state index contributed by atoms with van der Waals surface area (Å²) >= 11 is 6.00. The van der Waals surface area contributed by atoms with Gasteiger partial charge in [-0.05, 0) is 61.7 Å². The van der Waals surface area contributed by atoms with Crippen LogP contribution in [0.3, 0.4) is 0 Å². The highest BCUT2D eigenvalue weighted by atomic mass is 35.5. The highest BCUT2D eigenvalue weighted by Gasteiger charge is 2.16. The molecule has 5 heteroatoms. The number of hydrogen-bond acceptors (Lipinski definition) is 3. The van der Waals surface area contributed by atoms with E-state index in [2.05, 4.69) is 10.6 Å². The normalized spacial score (nSPS) is 16.6. The van der Waals surface area contributed by atoms with E-state index in [1.54, 1.807) is 0 Å². The molecule has 0 aliphatic carbocycles. The number of hydrogen-bond donors (Lipinski definition) is 2. The van der Waals surface area contributed by atoms with Crippen molar-refractivity contribution < 1.29 is 9.53 Å². The number of ether oxygens (including phenoxy) is 1. The third-order valence-electron chi connectivity index (χ3n) is 4.39. The van der Waals surface area contributed by atoms with Crippen LogP contribution >= 0.6 is 11.6 Å². The van der Waals surface area contributed by atoms with E-state index < -0.39 is 0 Å². The van der Waals surface area contributed by atoms with Crippen LogP contribution in [0.25, 0.3) is 0 Å². The van der Waals surface area contributed by atoms with Gasteiger partial charge in [-0.3, -0.25) is 4.79 Å². The third kappa shape index (κ3) is 5.48. The second kappa shape index (κ2) is 8.88.